The van der Waals surface area contributed by atoms with Crippen molar-refractivity contribution >= 4 is 11.9 Å². The number of amides is 3. The number of aliphatic hydroxyl groups excluding tert-OH is 1. The van der Waals surface area contributed by atoms with Crippen molar-refractivity contribution in [1.29, 1.82) is 0 Å². The number of aliphatic hydroxyl groups is 1. The lowest BCUT2D eigenvalue weighted by Gasteiger charge is -2.26. The Morgan fingerprint density at radius 2 is 1.86 bits per heavy atom. The average molecular weight is 400 g/mol. The summed E-state index contributed by atoms with van der Waals surface area (Å²) in [6, 6.07) is 10.6. The summed E-state index contributed by atoms with van der Waals surface area (Å²) < 4.78 is 18.9. The molecule has 1 fully saturated rings. The standard InChI is InChI=1S/C22H25FN2O4/c1-4-22(16-6-8-17(23)9-7-16)20(27)25(21(28)24-22)12-18(26)13-29-19-10-5-14(2)11-15(19)3/h5-11,18,26H,4,12-13H2,1-3H3,(H,24,28)/t18-,22-/m0/s1. The van der Waals surface area contributed by atoms with Crippen LogP contribution >= 0.6 is 0 Å². The molecule has 0 saturated carbocycles. The lowest BCUT2D eigenvalue weighted by molar-refractivity contribution is -0.132. The number of nitrogens with zero attached hydrogens (tertiary/aromatic N) is 1. The maximum atomic E-state index is 13.3. The SMILES string of the molecule is CC[C@@]1(c2ccc(F)cc2)NC(=O)N(C[C@H](O)COc2ccc(C)cc2C)C1=O. The Morgan fingerprint density at radius 3 is 2.48 bits per heavy atom. The van der Waals surface area contributed by atoms with E-state index in [1.807, 2.05) is 32.0 Å². The van der Waals surface area contributed by atoms with Crippen LogP contribution in [0.5, 0.6) is 5.75 Å². The second-order valence-electron chi connectivity index (χ2n) is 7.35. The molecule has 2 atom stereocenters. The molecule has 0 aromatic heterocycles. The van der Waals surface area contributed by atoms with Crippen molar-refractivity contribution in [1.82, 2.24) is 10.2 Å². The Labute approximate surface area is 169 Å². The third-order valence-corrected chi connectivity index (χ3v) is 5.20. The Hall–Kier alpha value is -2.93. The minimum Gasteiger partial charge on any atom is -0.491 e. The number of benzene rings is 2. The van der Waals surface area contributed by atoms with Crippen LogP contribution in [0.15, 0.2) is 42.5 Å². The van der Waals surface area contributed by atoms with Crippen LogP contribution in [-0.4, -0.2) is 41.2 Å². The van der Waals surface area contributed by atoms with Crippen LogP contribution in [0, 0.1) is 19.7 Å². The molecule has 0 bridgehead atoms. The molecule has 3 rings (SSSR count). The van der Waals surface area contributed by atoms with Gasteiger partial charge in [-0.15, -0.1) is 0 Å². The number of imide groups is 1. The summed E-state index contributed by atoms with van der Waals surface area (Å²) in [5, 5.41) is 13.1. The van der Waals surface area contributed by atoms with E-state index >= 15 is 0 Å². The van der Waals surface area contributed by atoms with E-state index in [1.54, 1.807) is 6.92 Å². The highest BCUT2D eigenvalue weighted by molar-refractivity contribution is 6.07. The quantitative estimate of drug-likeness (QED) is 0.701. The van der Waals surface area contributed by atoms with E-state index in [-0.39, 0.29) is 13.2 Å². The second-order valence-corrected chi connectivity index (χ2v) is 7.35. The monoisotopic (exact) mass is 400 g/mol. The number of hydrogen-bond acceptors (Lipinski definition) is 4. The Bertz CT molecular complexity index is 916. The van der Waals surface area contributed by atoms with E-state index in [1.165, 1.54) is 24.3 Å². The summed E-state index contributed by atoms with van der Waals surface area (Å²) in [6.07, 6.45) is -0.749. The molecular formula is C22H25FN2O4. The number of urea groups is 1. The molecule has 2 aromatic carbocycles. The number of halogens is 1. The van der Waals surface area contributed by atoms with Crippen LogP contribution in [-0.2, 0) is 10.3 Å². The van der Waals surface area contributed by atoms with Crippen LogP contribution in [0.4, 0.5) is 9.18 Å². The number of rotatable bonds is 7. The lowest BCUT2D eigenvalue weighted by atomic mass is 9.87. The summed E-state index contributed by atoms with van der Waals surface area (Å²) >= 11 is 0. The van der Waals surface area contributed by atoms with Gasteiger partial charge in [-0.25, -0.2) is 9.18 Å². The molecule has 0 radical (unpaired) electrons. The second kappa shape index (κ2) is 8.21. The Kier molecular flexibility index (Phi) is 5.88. The van der Waals surface area contributed by atoms with Gasteiger partial charge in [-0.2, -0.15) is 0 Å². The van der Waals surface area contributed by atoms with Gasteiger partial charge in [0.25, 0.3) is 5.91 Å². The molecule has 3 amide bonds. The zero-order valence-electron chi connectivity index (χ0n) is 16.7. The van der Waals surface area contributed by atoms with Gasteiger partial charge in [0, 0.05) is 0 Å². The molecule has 1 aliphatic heterocycles. The summed E-state index contributed by atoms with van der Waals surface area (Å²) in [7, 11) is 0. The topological polar surface area (TPSA) is 78.9 Å². The van der Waals surface area contributed by atoms with Gasteiger partial charge in [0.05, 0.1) is 6.54 Å². The van der Waals surface area contributed by atoms with E-state index < -0.39 is 29.4 Å². The molecule has 0 spiro atoms. The number of nitrogens with one attached hydrogen (secondary N) is 1. The molecule has 0 unspecified atom stereocenters. The van der Waals surface area contributed by atoms with Crippen molar-refractivity contribution in [3.63, 3.8) is 0 Å². The van der Waals surface area contributed by atoms with Crippen molar-refractivity contribution in [2.45, 2.75) is 38.8 Å². The van der Waals surface area contributed by atoms with E-state index in [2.05, 4.69) is 5.32 Å². The molecule has 1 heterocycles. The van der Waals surface area contributed by atoms with Gasteiger partial charge in [0.1, 0.15) is 29.8 Å². The van der Waals surface area contributed by atoms with Gasteiger partial charge in [-0.05, 0) is 49.6 Å². The predicted octanol–water partition coefficient (Wildman–Crippen LogP) is 3.04. The van der Waals surface area contributed by atoms with Crippen LogP contribution in [0.25, 0.3) is 0 Å². The van der Waals surface area contributed by atoms with Crippen LogP contribution in [0.1, 0.15) is 30.0 Å². The largest absolute Gasteiger partial charge is 0.491 e. The van der Waals surface area contributed by atoms with Crippen LogP contribution in [0.2, 0.25) is 0 Å². The van der Waals surface area contributed by atoms with E-state index in [9.17, 15) is 19.1 Å². The Morgan fingerprint density at radius 1 is 1.17 bits per heavy atom. The van der Waals surface area contributed by atoms with Gasteiger partial charge < -0.3 is 15.2 Å². The predicted molar refractivity (Wildman–Crippen MR) is 106 cm³/mol. The first-order valence-electron chi connectivity index (χ1n) is 9.55. The zero-order chi connectivity index (χ0) is 21.2. The van der Waals surface area contributed by atoms with Crippen LogP contribution < -0.4 is 10.1 Å². The summed E-state index contributed by atoms with van der Waals surface area (Å²) in [5.74, 6) is -0.254. The number of carbonyl (C=O) groups excluding carboxylic acids is 2. The van der Waals surface area contributed by atoms with Crippen LogP contribution in [0.3, 0.4) is 0 Å². The zero-order valence-corrected chi connectivity index (χ0v) is 16.7. The fourth-order valence-corrected chi connectivity index (χ4v) is 3.58. The smallest absolute Gasteiger partial charge is 0.325 e. The third kappa shape index (κ3) is 4.10. The molecule has 154 valence electrons. The molecule has 0 aliphatic carbocycles. The maximum Gasteiger partial charge on any atom is 0.325 e. The molecule has 2 aromatic rings. The third-order valence-electron chi connectivity index (χ3n) is 5.20. The molecular weight excluding hydrogens is 375 g/mol. The van der Waals surface area contributed by atoms with Gasteiger partial charge in [0.15, 0.2) is 0 Å². The highest BCUT2D eigenvalue weighted by Crippen LogP contribution is 2.32. The Balaban J connectivity index is 1.69. The van der Waals surface area contributed by atoms with Gasteiger partial charge in [-0.1, -0.05) is 36.8 Å². The van der Waals surface area contributed by atoms with Crippen molar-refractivity contribution in [3.8, 4) is 5.75 Å². The first-order valence-corrected chi connectivity index (χ1v) is 9.55. The first kappa shape index (κ1) is 20.8. The molecule has 1 saturated heterocycles. The minimum atomic E-state index is -1.26. The molecule has 2 N–H and O–H groups in total. The summed E-state index contributed by atoms with van der Waals surface area (Å²) in [6.45, 7) is 5.40. The fraction of sp³-hybridized carbons (Fsp3) is 0.364. The van der Waals surface area contributed by atoms with E-state index in [0.717, 1.165) is 16.0 Å². The molecule has 29 heavy (non-hydrogen) atoms. The van der Waals surface area contributed by atoms with Gasteiger partial charge >= 0.3 is 6.03 Å². The maximum absolute atomic E-state index is 13.3. The van der Waals surface area contributed by atoms with E-state index in [4.69, 9.17) is 4.74 Å². The fourth-order valence-electron chi connectivity index (χ4n) is 3.58. The number of ether oxygens (including phenoxy) is 1. The van der Waals surface area contributed by atoms with Crippen molar-refractivity contribution in [3.05, 3.63) is 65.0 Å². The average Bonchev–Trinajstić information content (AvgIpc) is 2.93. The summed E-state index contributed by atoms with van der Waals surface area (Å²) in [4.78, 5) is 26.5. The molecule has 6 nitrogen and oxygen atoms in total. The van der Waals surface area contributed by atoms with Crippen molar-refractivity contribution in [2.75, 3.05) is 13.2 Å². The van der Waals surface area contributed by atoms with Crippen molar-refractivity contribution in [2.24, 2.45) is 0 Å². The first-order chi connectivity index (χ1) is 13.8. The normalized spacial score (nSPS) is 20.0. The number of aryl methyl sites for hydroxylation is 2. The molecule has 1 aliphatic rings. The van der Waals surface area contributed by atoms with Gasteiger partial charge in [-0.3, -0.25) is 9.69 Å². The molecule has 7 heteroatoms. The lowest BCUT2D eigenvalue weighted by Crippen LogP contribution is -2.44. The highest BCUT2D eigenvalue weighted by atomic mass is 19.1. The summed E-state index contributed by atoms with van der Waals surface area (Å²) in [5.41, 5.74) is 1.28. The highest BCUT2D eigenvalue weighted by Gasteiger charge is 2.51. The number of hydrogen-bond donors (Lipinski definition) is 2. The van der Waals surface area contributed by atoms with E-state index in [0.29, 0.717) is 17.7 Å². The van der Waals surface area contributed by atoms with Crippen molar-refractivity contribution < 1.29 is 23.8 Å². The minimum absolute atomic E-state index is 0.0589. The number of β-amino-alcohol motifs (C(OH)–C–C–N with tert-alkyl or cyclic N) is 1. The van der Waals surface area contributed by atoms with Gasteiger partial charge in [0.2, 0.25) is 0 Å². The number of carbonyl (C=O) groups is 2.